The minimum atomic E-state index is -0.495. The number of nitro benzene ring substituents is 1. The van der Waals surface area contributed by atoms with Crippen molar-refractivity contribution in [2.45, 2.75) is 0 Å². The van der Waals surface area contributed by atoms with Crippen LogP contribution in [0.3, 0.4) is 0 Å². The molecule has 0 saturated heterocycles. The zero-order valence-electron chi connectivity index (χ0n) is 10.1. The van der Waals surface area contributed by atoms with E-state index >= 15 is 0 Å². The number of aromatic nitrogens is 2. The van der Waals surface area contributed by atoms with Crippen LogP contribution < -0.4 is 10.1 Å². The normalized spacial score (nSPS) is 10.2. The van der Waals surface area contributed by atoms with Crippen molar-refractivity contribution in [1.82, 2.24) is 9.97 Å². The predicted octanol–water partition coefficient (Wildman–Crippen LogP) is 3.74. The maximum absolute atomic E-state index is 10.9. The van der Waals surface area contributed by atoms with Crippen molar-refractivity contribution in [3.63, 3.8) is 0 Å². The highest BCUT2D eigenvalue weighted by Crippen LogP contribution is 2.37. The molecule has 0 aliphatic rings. The van der Waals surface area contributed by atoms with Crippen LogP contribution in [0.2, 0.25) is 0 Å². The van der Waals surface area contributed by atoms with E-state index < -0.39 is 4.92 Å². The molecule has 0 saturated carbocycles. The van der Waals surface area contributed by atoms with Gasteiger partial charge in [0.15, 0.2) is 5.75 Å². The average Bonchev–Trinajstić information content (AvgIpc) is 2.43. The Hall–Kier alpha value is -1.74. The molecule has 1 aromatic heterocycles. The smallest absolute Gasteiger partial charge is 0.287 e. The maximum Gasteiger partial charge on any atom is 0.287 e. The highest BCUT2D eigenvalue weighted by atomic mass is 79.9. The average molecular weight is 404 g/mol. The van der Waals surface area contributed by atoms with Gasteiger partial charge in [0.05, 0.1) is 15.6 Å². The highest BCUT2D eigenvalue weighted by Gasteiger charge is 2.17. The predicted molar refractivity (Wildman–Crippen MR) is 80.1 cm³/mol. The van der Waals surface area contributed by atoms with Gasteiger partial charge in [-0.3, -0.25) is 10.1 Å². The van der Waals surface area contributed by atoms with E-state index in [1.54, 1.807) is 13.1 Å². The Morgan fingerprint density at radius 3 is 2.80 bits per heavy atom. The fourth-order valence-corrected chi connectivity index (χ4v) is 2.13. The molecule has 1 N–H and O–H groups in total. The molecule has 0 bridgehead atoms. The molecule has 0 amide bonds. The van der Waals surface area contributed by atoms with E-state index in [2.05, 4.69) is 47.1 Å². The first kappa shape index (κ1) is 14.7. The van der Waals surface area contributed by atoms with Gasteiger partial charge < -0.3 is 10.1 Å². The maximum atomic E-state index is 10.9. The molecule has 0 aliphatic heterocycles. The molecule has 104 valence electrons. The molecular weight excluding hydrogens is 396 g/mol. The lowest BCUT2D eigenvalue weighted by Crippen LogP contribution is -1.99. The summed E-state index contributed by atoms with van der Waals surface area (Å²) in [4.78, 5) is 18.5. The van der Waals surface area contributed by atoms with Crippen molar-refractivity contribution in [3.05, 3.63) is 43.5 Å². The van der Waals surface area contributed by atoms with Gasteiger partial charge in [0.2, 0.25) is 11.8 Å². The molecule has 0 aliphatic carbocycles. The molecule has 9 heteroatoms. The summed E-state index contributed by atoms with van der Waals surface area (Å²) in [7, 11) is 1.68. The third-order valence-electron chi connectivity index (χ3n) is 2.28. The Morgan fingerprint density at radius 1 is 1.40 bits per heavy atom. The second-order valence-electron chi connectivity index (χ2n) is 3.55. The second kappa shape index (κ2) is 6.14. The first-order valence-electron chi connectivity index (χ1n) is 5.34. The monoisotopic (exact) mass is 402 g/mol. The molecule has 0 radical (unpaired) electrons. The minimum absolute atomic E-state index is 0.0819. The molecule has 20 heavy (non-hydrogen) atoms. The van der Waals surface area contributed by atoms with Crippen LogP contribution in [0.1, 0.15) is 0 Å². The van der Waals surface area contributed by atoms with E-state index in [0.717, 1.165) is 0 Å². The number of hydrogen-bond donors (Lipinski definition) is 1. The molecule has 1 heterocycles. The molecular formula is C11H8Br2N4O3. The van der Waals surface area contributed by atoms with Crippen LogP contribution in [0.4, 0.5) is 11.6 Å². The van der Waals surface area contributed by atoms with Gasteiger partial charge in [-0.15, -0.1) is 0 Å². The number of nitrogens with one attached hydrogen (secondary N) is 1. The number of ether oxygens (including phenoxy) is 1. The second-order valence-corrected chi connectivity index (χ2v) is 5.19. The summed E-state index contributed by atoms with van der Waals surface area (Å²) < 4.78 is 6.37. The number of hydrogen-bond acceptors (Lipinski definition) is 6. The van der Waals surface area contributed by atoms with E-state index in [0.29, 0.717) is 16.2 Å². The Bertz CT molecular complexity index is 666. The number of nitrogens with zero attached hydrogens (tertiary/aromatic N) is 3. The lowest BCUT2D eigenvalue weighted by Gasteiger charge is -2.09. The summed E-state index contributed by atoms with van der Waals surface area (Å²) in [5, 5.41) is 13.7. The highest BCUT2D eigenvalue weighted by molar-refractivity contribution is 9.11. The lowest BCUT2D eigenvalue weighted by molar-refractivity contribution is -0.385. The summed E-state index contributed by atoms with van der Waals surface area (Å²) in [6.45, 7) is 0. The van der Waals surface area contributed by atoms with Crippen molar-refractivity contribution in [2.75, 3.05) is 12.4 Å². The van der Waals surface area contributed by atoms with Crippen LogP contribution in [0.25, 0.3) is 0 Å². The fourth-order valence-electron chi connectivity index (χ4n) is 1.37. The van der Waals surface area contributed by atoms with Crippen LogP contribution >= 0.6 is 31.9 Å². The SMILES string of the molecule is CNc1ncc(Br)c(Oc2cccc([N+](=O)[O-])c2Br)n1. The summed E-state index contributed by atoms with van der Waals surface area (Å²) >= 11 is 6.42. The van der Waals surface area contributed by atoms with E-state index in [-0.39, 0.29) is 16.0 Å². The fraction of sp³-hybridized carbons (Fsp3) is 0.0909. The van der Waals surface area contributed by atoms with Crippen molar-refractivity contribution in [1.29, 1.82) is 0 Å². The van der Waals surface area contributed by atoms with Crippen molar-refractivity contribution >= 4 is 43.5 Å². The van der Waals surface area contributed by atoms with Gasteiger partial charge in [0.25, 0.3) is 5.69 Å². The molecule has 1 aromatic carbocycles. The van der Waals surface area contributed by atoms with Crippen molar-refractivity contribution in [3.8, 4) is 11.6 Å². The zero-order valence-corrected chi connectivity index (χ0v) is 13.3. The van der Waals surface area contributed by atoms with Gasteiger partial charge in [0, 0.05) is 13.1 Å². The zero-order chi connectivity index (χ0) is 14.7. The quantitative estimate of drug-likeness (QED) is 0.617. The number of halogens is 2. The Kier molecular flexibility index (Phi) is 4.50. The lowest BCUT2D eigenvalue weighted by atomic mass is 10.3. The Labute approximate surface area is 130 Å². The Balaban J connectivity index is 2.40. The van der Waals surface area contributed by atoms with Gasteiger partial charge in [-0.05, 0) is 37.9 Å². The summed E-state index contributed by atoms with van der Waals surface area (Å²) in [5.41, 5.74) is -0.0819. The van der Waals surface area contributed by atoms with Crippen LogP contribution in [-0.4, -0.2) is 21.9 Å². The van der Waals surface area contributed by atoms with E-state index in [1.807, 2.05) is 0 Å². The van der Waals surface area contributed by atoms with E-state index in [9.17, 15) is 10.1 Å². The third kappa shape index (κ3) is 3.05. The van der Waals surface area contributed by atoms with Gasteiger partial charge in [0.1, 0.15) is 4.47 Å². The van der Waals surface area contributed by atoms with Gasteiger partial charge >= 0.3 is 0 Å². The summed E-state index contributed by atoms with van der Waals surface area (Å²) in [6, 6.07) is 4.52. The first-order valence-corrected chi connectivity index (χ1v) is 6.92. The van der Waals surface area contributed by atoms with Crippen molar-refractivity contribution < 1.29 is 9.66 Å². The molecule has 0 spiro atoms. The largest absolute Gasteiger partial charge is 0.436 e. The van der Waals surface area contributed by atoms with E-state index in [1.165, 1.54) is 18.3 Å². The number of nitro groups is 1. The van der Waals surface area contributed by atoms with Gasteiger partial charge in [-0.2, -0.15) is 4.98 Å². The molecule has 0 atom stereocenters. The van der Waals surface area contributed by atoms with Crippen LogP contribution in [-0.2, 0) is 0 Å². The van der Waals surface area contributed by atoms with E-state index in [4.69, 9.17) is 4.74 Å². The molecule has 0 fully saturated rings. The summed E-state index contributed by atoms with van der Waals surface area (Å²) in [6.07, 6.45) is 1.53. The van der Waals surface area contributed by atoms with Crippen LogP contribution in [0.5, 0.6) is 11.6 Å². The number of rotatable bonds is 4. The standard InChI is InChI=1S/C11H8Br2N4O3/c1-14-11-15-5-6(12)10(16-11)20-8-4-2-3-7(9(8)13)17(18)19/h2-5H,1H3,(H,14,15,16). The number of anilines is 1. The first-order chi connectivity index (χ1) is 9.52. The van der Waals surface area contributed by atoms with Crippen molar-refractivity contribution in [2.24, 2.45) is 0 Å². The molecule has 0 unspecified atom stereocenters. The summed E-state index contributed by atoms with van der Waals surface area (Å²) in [5.74, 6) is 0.927. The minimum Gasteiger partial charge on any atom is -0.436 e. The molecule has 2 aromatic rings. The van der Waals surface area contributed by atoms with Crippen LogP contribution in [0.15, 0.2) is 33.3 Å². The third-order valence-corrected chi connectivity index (χ3v) is 3.62. The topological polar surface area (TPSA) is 90.2 Å². The van der Waals surface area contributed by atoms with Gasteiger partial charge in [-0.1, -0.05) is 6.07 Å². The molecule has 2 rings (SSSR count). The van der Waals surface area contributed by atoms with Gasteiger partial charge in [-0.25, -0.2) is 4.98 Å². The molecule has 7 nitrogen and oxygen atoms in total. The van der Waals surface area contributed by atoms with Crippen LogP contribution in [0, 0.1) is 10.1 Å². The number of benzene rings is 1. The Morgan fingerprint density at radius 2 is 2.15 bits per heavy atom.